The molecule has 0 fully saturated rings. The highest BCUT2D eigenvalue weighted by molar-refractivity contribution is 7.51. The number of methoxy groups -OCH3 is 1. The third-order valence-corrected chi connectivity index (χ3v) is 4.65. The molecule has 3 N–H and O–H groups in total. The summed E-state index contributed by atoms with van der Waals surface area (Å²) in [5.74, 6) is 1.02. The molecule has 0 aliphatic rings. The average Bonchev–Trinajstić information content (AvgIpc) is 3.03. The molecule has 0 unspecified atom stereocenters. The number of hydrogen-bond acceptors (Lipinski definition) is 4. The monoisotopic (exact) mass is 375 g/mol. The van der Waals surface area contributed by atoms with Gasteiger partial charge in [-0.05, 0) is 48.5 Å². The van der Waals surface area contributed by atoms with Crippen LogP contribution in [-0.4, -0.2) is 35.5 Å². The first-order valence-electron chi connectivity index (χ1n) is 7.86. The summed E-state index contributed by atoms with van der Waals surface area (Å²) < 4.78 is 21.8. The smallest absolute Gasteiger partial charge is 0.327 e. The number of nitrogens with one attached hydrogen (secondary N) is 1. The van der Waals surface area contributed by atoms with E-state index in [1.54, 1.807) is 25.3 Å². The van der Waals surface area contributed by atoms with Crippen molar-refractivity contribution in [1.82, 2.24) is 5.32 Å². The third-order valence-electron chi connectivity index (χ3n) is 3.84. The molecule has 1 amide bonds. The van der Waals surface area contributed by atoms with E-state index in [1.165, 1.54) is 0 Å². The molecule has 0 aliphatic heterocycles. The van der Waals surface area contributed by atoms with Crippen molar-refractivity contribution in [2.75, 3.05) is 19.8 Å². The SMILES string of the molecule is COc1ccc(-c2cc3cc(C(=O)NCCP(=O)(O)O)ccc3o2)cc1. The van der Waals surface area contributed by atoms with Crippen LogP contribution in [0.1, 0.15) is 10.4 Å². The lowest BCUT2D eigenvalue weighted by Gasteiger charge is -2.06. The van der Waals surface area contributed by atoms with Crippen LogP contribution < -0.4 is 10.1 Å². The Morgan fingerprint density at radius 1 is 1.15 bits per heavy atom. The normalized spacial score (nSPS) is 11.5. The number of carbonyl (C=O) groups excluding carboxylic acids is 1. The van der Waals surface area contributed by atoms with Crippen molar-refractivity contribution in [3.63, 3.8) is 0 Å². The van der Waals surface area contributed by atoms with Crippen molar-refractivity contribution >= 4 is 24.5 Å². The van der Waals surface area contributed by atoms with Crippen LogP contribution in [0, 0.1) is 0 Å². The second-order valence-electron chi connectivity index (χ2n) is 5.74. The van der Waals surface area contributed by atoms with Gasteiger partial charge in [-0.15, -0.1) is 0 Å². The summed E-state index contributed by atoms with van der Waals surface area (Å²) in [7, 11) is -2.53. The van der Waals surface area contributed by atoms with Gasteiger partial charge in [0.1, 0.15) is 17.1 Å². The molecule has 1 aromatic heterocycles. The minimum absolute atomic E-state index is 0.0936. The molecular weight excluding hydrogens is 357 g/mol. The van der Waals surface area contributed by atoms with Gasteiger partial charge in [0.15, 0.2) is 0 Å². The Balaban J connectivity index is 1.78. The van der Waals surface area contributed by atoms with Gasteiger partial charge in [-0.3, -0.25) is 9.36 Å². The van der Waals surface area contributed by atoms with E-state index >= 15 is 0 Å². The Labute approximate surface area is 149 Å². The van der Waals surface area contributed by atoms with Crippen LogP contribution in [-0.2, 0) is 4.57 Å². The van der Waals surface area contributed by atoms with E-state index < -0.39 is 19.7 Å². The Kier molecular flexibility index (Phi) is 5.13. The Hall–Kier alpha value is -2.60. The summed E-state index contributed by atoms with van der Waals surface area (Å²) in [5.41, 5.74) is 1.92. The molecule has 0 atom stereocenters. The second-order valence-corrected chi connectivity index (χ2v) is 7.51. The zero-order chi connectivity index (χ0) is 18.7. The van der Waals surface area contributed by atoms with Gasteiger partial charge in [-0.25, -0.2) is 0 Å². The molecule has 3 aromatic rings. The Bertz CT molecular complexity index is 973. The van der Waals surface area contributed by atoms with Crippen LogP contribution in [0.4, 0.5) is 0 Å². The van der Waals surface area contributed by atoms with Crippen LogP contribution in [0.5, 0.6) is 5.75 Å². The predicted octanol–water partition coefficient (Wildman–Crippen LogP) is 3.02. The lowest BCUT2D eigenvalue weighted by Crippen LogP contribution is -2.26. The van der Waals surface area contributed by atoms with E-state index in [-0.39, 0.29) is 6.54 Å². The molecular formula is C18H18NO6P. The highest BCUT2D eigenvalue weighted by Crippen LogP contribution is 2.33. The molecule has 2 aromatic carbocycles. The van der Waals surface area contributed by atoms with Gasteiger partial charge in [-0.1, -0.05) is 0 Å². The lowest BCUT2D eigenvalue weighted by molar-refractivity contribution is 0.0956. The number of benzene rings is 2. The van der Waals surface area contributed by atoms with Crippen LogP contribution in [0.15, 0.2) is 52.9 Å². The van der Waals surface area contributed by atoms with Gasteiger partial charge in [0, 0.05) is 23.1 Å². The average molecular weight is 375 g/mol. The van der Waals surface area contributed by atoms with E-state index in [1.807, 2.05) is 30.3 Å². The van der Waals surface area contributed by atoms with E-state index in [2.05, 4.69) is 5.32 Å². The van der Waals surface area contributed by atoms with Crippen LogP contribution in [0.2, 0.25) is 0 Å². The summed E-state index contributed by atoms with van der Waals surface area (Å²) in [6.07, 6.45) is -0.395. The van der Waals surface area contributed by atoms with Gasteiger partial charge in [-0.2, -0.15) is 0 Å². The molecule has 136 valence electrons. The molecule has 0 radical (unpaired) electrons. The predicted molar refractivity (Wildman–Crippen MR) is 97.4 cm³/mol. The number of fused-ring (bicyclic) bond motifs is 1. The molecule has 8 heteroatoms. The maximum Gasteiger partial charge on any atom is 0.327 e. The van der Waals surface area contributed by atoms with Crippen molar-refractivity contribution in [2.45, 2.75) is 0 Å². The largest absolute Gasteiger partial charge is 0.497 e. The zero-order valence-electron chi connectivity index (χ0n) is 14.0. The minimum atomic E-state index is -4.13. The summed E-state index contributed by atoms with van der Waals surface area (Å²) >= 11 is 0. The number of furan rings is 1. The quantitative estimate of drug-likeness (QED) is 0.572. The zero-order valence-corrected chi connectivity index (χ0v) is 14.9. The van der Waals surface area contributed by atoms with Crippen molar-refractivity contribution < 1.29 is 28.3 Å². The van der Waals surface area contributed by atoms with Crippen molar-refractivity contribution in [1.29, 1.82) is 0 Å². The van der Waals surface area contributed by atoms with Crippen molar-refractivity contribution in [2.24, 2.45) is 0 Å². The second kappa shape index (κ2) is 7.33. The maximum absolute atomic E-state index is 12.1. The summed E-state index contributed by atoms with van der Waals surface area (Å²) in [4.78, 5) is 29.8. The van der Waals surface area contributed by atoms with Gasteiger partial charge in [0.05, 0.1) is 13.3 Å². The first kappa shape index (κ1) is 18.2. The number of hydrogen-bond donors (Lipinski definition) is 3. The molecule has 3 rings (SSSR count). The Morgan fingerprint density at radius 3 is 2.54 bits per heavy atom. The van der Waals surface area contributed by atoms with E-state index in [9.17, 15) is 9.36 Å². The third kappa shape index (κ3) is 4.32. The van der Waals surface area contributed by atoms with Gasteiger partial charge < -0.3 is 24.3 Å². The molecule has 0 saturated carbocycles. The van der Waals surface area contributed by atoms with Gasteiger partial charge in [0.25, 0.3) is 5.91 Å². The topological polar surface area (TPSA) is 109 Å². The fraction of sp³-hybridized carbons (Fsp3) is 0.167. The van der Waals surface area contributed by atoms with E-state index in [0.717, 1.165) is 16.7 Å². The van der Waals surface area contributed by atoms with E-state index in [0.29, 0.717) is 16.9 Å². The van der Waals surface area contributed by atoms with Crippen molar-refractivity contribution in [3.8, 4) is 17.1 Å². The van der Waals surface area contributed by atoms with Crippen molar-refractivity contribution in [3.05, 3.63) is 54.1 Å². The maximum atomic E-state index is 12.1. The molecule has 0 saturated heterocycles. The molecule has 1 heterocycles. The fourth-order valence-electron chi connectivity index (χ4n) is 2.50. The highest BCUT2D eigenvalue weighted by Gasteiger charge is 2.14. The molecule has 7 nitrogen and oxygen atoms in total. The van der Waals surface area contributed by atoms with Gasteiger partial charge >= 0.3 is 7.60 Å². The number of rotatable bonds is 6. The first-order valence-corrected chi connectivity index (χ1v) is 9.66. The molecule has 0 spiro atoms. The fourth-order valence-corrected chi connectivity index (χ4v) is 2.90. The van der Waals surface area contributed by atoms with Crippen LogP contribution in [0.3, 0.4) is 0 Å². The summed E-state index contributed by atoms with van der Waals surface area (Å²) in [6, 6.07) is 14.3. The van der Waals surface area contributed by atoms with Crippen LogP contribution in [0.25, 0.3) is 22.3 Å². The summed E-state index contributed by atoms with van der Waals surface area (Å²) in [5, 5.41) is 3.26. The van der Waals surface area contributed by atoms with Gasteiger partial charge in [0.2, 0.25) is 0 Å². The molecule has 26 heavy (non-hydrogen) atoms. The molecule has 0 bridgehead atoms. The lowest BCUT2D eigenvalue weighted by atomic mass is 10.1. The van der Waals surface area contributed by atoms with Crippen LogP contribution >= 0.6 is 7.60 Å². The number of carbonyl (C=O) groups is 1. The first-order chi connectivity index (χ1) is 12.4. The minimum Gasteiger partial charge on any atom is -0.497 e. The number of ether oxygens (including phenoxy) is 1. The summed E-state index contributed by atoms with van der Waals surface area (Å²) in [6.45, 7) is -0.0936. The highest BCUT2D eigenvalue weighted by atomic mass is 31.2. The number of amides is 1. The Morgan fingerprint density at radius 2 is 1.88 bits per heavy atom. The van der Waals surface area contributed by atoms with E-state index in [4.69, 9.17) is 18.9 Å². The standard InChI is InChI=1S/C18H18NO6P/c1-24-15-5-2-12(3-6-15)17-11-14-10-13(4-7-16(14)25-17)18(20)19-8-9-26(21,22)23/h2-7,10-11H,8-9H2,1H3,(H,19,20)(H2,21,22,23). The molecule has 0 aliphatic carbocycles.